The first-order valence-electron chi connectivity index (χ1n) is 11.2. The number of hydrogen-bond acceptors (Lipinski definition) is 7. The van der Waals surface area contributed by atoms with Crippen LogP contribution in [0.15, 0.2) is 63.7 Å². The molecule has 0 bridgehead atoms. The molecular weight excluding hydrogens is 488 g/mol. The fraction of sp³-hybridized carbons (Fsp3) is 0.304. The molecule has 1 aromatic carbocycles. The Balaban J connectivity index is 1.18. The zero-order chi connectivity index (χ0) is 24.4. The number of rotatable bonds is 7. The molecule has 4 aromatic rings. The summed E-state index contributed by atoms with van der Waals surface area (Å²) in [6.45, 7) is 0.999. The summed E-state index contributed by atoms with van der Waals surface area (Å²) in [6, 6.07) is 14.4. The van der Waals surface area contributed by atoms with Crippen LogP contribution in [0.4, 0.5) is 0 Å². The number of piperidine rings is 1. The first-order valence-corrected chi connectivity index (χ1v) is 13.5. The number of carbonyl (C=O) groups excluding carboxylic acids is 1. The molecule has 1 aliphatic rings. The first-order chi connectivity index (χ1) is 16.9. The van der Waals surface area contributed by atoms with Crippen molar-refractivity contribution in [1.29, 1.82) is 0 Å². The lowest BCUT2D eigenvalue weighted by Gasteiger charge is -2.30. The number of aromatic amines is 1. The summed E-state index contributed by atoms with van der Waals surface area (Å²) in [5.41, 5.74) is 1.86. The molecule has 3 aromatic heterocycles. The molecule has 0 radical (unpaired) electrons. The highest BCUT2D eigenvalue weighted by atomic mass is 32.2. The Morgan fingerprint density at radius 2 is 1.91 bits per heavy atom. The molecule has 35 heavy (non-hydrogen) atoms. The van der Waals surface area contributed by atoms with E-state index >= 15 is 0 Å². The summed E-state index contributed by atoms with van der Waals surface area (Å²) < 4.78 is 30.1. The summed E-state index contributed by atoms with van der Waals surface area (Å²) in [6.07, 6.45) is 2.78. The van der Waals surface area contributed by atoms with E-state index in [0.717, 1.165) is 27.2 Å². The normalized spacial score (nSPS) is 15.4. The number of nitrogens with one attached hydrogen (secondary N) is 2. The Morgan fingerprint density at radius 3 is 2.71 bits per heavy atom. The summed E-state index contributed by atoms with van der Waals surface area (Å²) in [5, 5.41) is 11.2. The van der Waals surface area contributed by atoms with Crippen molar-refractivity contribution in [2.24, 2.45) is 0 Å². The zero-order valence-corrected chi connectivity index (χ0v) is 20.4. The molecule has 4 heterocycles. The number of hydrogen-bond donors (Lipinski definition) is 2. The Hall–Kier alpha value is -3.35. The largest absolute Gasteiger partial charge is 0.351 e. The third kappa shape index (κ3) is 4.90. The van der Waals surface area contributed by atoms with Gasteiger partial charge in [-0.05, 0) is 43.2 Å². The van der Waals surface area contributed by atoms with E-state index in [-0.39, 0.29) is 34.7 Å². The number of para-hydroxylation sites is 1. The Bertz CT molecular complexity index is 1520. The van der Waals surface area contributed by atoms with E-state index in [2.05, 4.69) is 20.6 Å². The van der Waals surface area contributed by atoms with Crippen molar-refractivity contribution < 1.29 is 13.2 Å². The number of H-pyrrole nitrogens is 1. The van der Waals surface area contributed by atoms with Crippen LogP contribution in [-0.4, -0.2) is 51.7 Å². The molecule has 1 aliphatic heterocycles. The second-order valence-corrected chi connectivity index (χ2v) is 11.7. The van der Waals surface area contributed by atoms with Crippen molar-refractivity contribution in [3.63, 3.8) is 0 Å². The molecule has 1 amide bonds. The third-order valence-electron chi connectivity index (χ3n) is 6.09. The maximum absolute atomic E-state index is 13.2. The quantitative estimate of drug-likeness (QED) is 0.390. The van der Waals surface area contributed by atoms with Crippen LogP contribution in [-0.2, 0) is 27.8 Å². The van der Waals surface area contributed by atoms with E-state index in [0.29, 0.717) is 31.5 Å². The molecule has 0 atom stereocenters. The number of thiophene rings is 1. The molecular formula is C23H24N6O4S2. The fourth-order valence-corrected chi connectivity index (χ4v) is 7.14. The number of sulfonamides is 1. The second kappa shape index (κ2) is 9.72. The summed E-state index contributed by atoms with van der Waals surface area (Å²) in [7, 11) is -3.62. The zero-order valence-electron chi connectivity index (χ0n) is 18.8. The SMILES string of the molecule is O=C(Cc1ccc[nH]c1=O)NCc1ccc(S(=O)(=O)N2CCC(n3nnc4ccccc43)CC2)s1. The van der Waals surface area contributed by atoms with E-state index in [1.807, 2.05) is 28.9 Å². The highest BCUT2D eigenvalue weighted by Crippen LogP contribution is 2.31. The molecule has 1 fully saturated rings. The first kappa shape index (κ1) is 23.4. The molecule has 12 heteroatoms. The van der Waals surface area contributed by atoms with Crippen LogP contribution >= 0.6 is 11.3 Å². The van der Waals surface area contributed by atoms with E-state index < -0.39 is 10.0 Å². The van der Waals surface area contributed by atoms with Crippen LogP contribution in [0.5, 0.6) is 0 Å². The van der Waals surface area contributed by atoms with Gasteiger partial charge in [-0.3, -0.25) is 9.59 Å². The highest BCUT2D eigenvalue weighted by molar-refractivity contribution is 7.91. The Morgan fingerprint density at radius 1 is 1.11 bits per heavy atom. The molecule has 10 nitrogen and oxygen atoms in total. The molecule has 0 saturated carbocycles. The van der Waals surface area contributed by atoms with E-state index in [9.17, 15) is 18.0 Å². The maximum atomic E-state index is 13.2. The lowest BCUT2D eigenvalue weighted by molar-refractivity contribution is -0.120. The number of fused-ring (bicyclic) bond motifs is 1. The van der Waals surface area contributed by atoms with Crippen LogP contribution in [0, 0.1) is 0 Å². The van der Waals surface area contributed by atoms with E-state index in [1.165, 1.54) is 10.5 Å². The molecule has 0 spiro atoms. The topological polar surface area (TPSA) is 130 Å². The van der Waals surface area contributed by atoms with E-state index in [4.69, 9.17) is 0 Å². The minimum Gasteiger partial charge on any atom is -0.351 e. The van der Waals surface area contributed by atoms with Crippen LogP contribution in [0.25, 0.3) is 11.0 Å². The van der Waals surface area contributed by atoms with E-state index in [1.54, 1.807) is 24.3 Å². The number of aromatic nitrogens is 4. The fourth-order valence-electron chi connectivity index (χ4n) is 4.22. The van der Waals surface area contributed by atoms with Crippen molar-refractivity contribution in [2.75, 3.05) is 13.1 Å². The lowest BCUT2D eigenvalue weighted by Crippen LogP contribution is -2.38. The predicted molar refractivity (Wildman–Crippen MR) is 131 cm³/mol. The molecule has 0 aliphatic carbocycles. The number of benzene rings is 1. The number of amides is 1. The van der Waals surface area contributed by atoms with Crippen molar-refractivity contribution in [1.82, 2.24) is 29.6 Å². The monoisotopic (exact) mass is 512 g/mol. The summed E-state index contributed by atoms with van der Waals surface area (Å²) >= 11 is 1.15. The van der Waals surface area contributed by atoms with Gasteiger partial charge in [-0.15, -0.1) is 16.4 Å². The second-order valence-electron chi connectivity index (χ2n) is 8.36. The van der Waals surface area contributed by atoms with Crippen LogP contribution in [0.2, 0.25) is 0 Å². The van der Waals surface area contributed by atoms with Gasteiger partial charge in [0.05, 0.1) is 24.5 Å². The molecule has 5 rings (SSSR count). The van der Waals surface area contributed by atoms with Crippen molar-refractivity contribution in [3.05, 3.63) is 75.5 Å². The van der Waals surface area contributed by atoms with Gasteiger partial charge in [-0.1, -0.05) is 23.4 Å². The molecule has 1 saturated heterocycles. The van der Waals surface area contributed by atoms with Gasteiger partial charge in [-0.2, -0.15) is 4.31 Å². The number of pyridine rings is 1. The van der Waals surface area contributed by atoms with Gasteiger partial charge < -0.3 is 10.3 Å². The summed E-state index contributed by atoms with van der Waals surface area (Å²) in [5.74, 6) is -0.304. The van der Waals surface area contributed by atoms with Crippen LogP contribution < -0.4 is 10.9 Å². The smallest absolute Gasteiger partial charge is 0.252 e. The van der Waals surface area contributed by atoms with Gasteiger partial charge in [0.2, 0.25) is 5.91 Å². The lowest BCUT2D eigenvalue weighted by atomic mass is 10.1. The van der Waals surface area contributed by atoms with Gasteiger partial charge in [0, 0.05) is 29.7 Å². The van der Waals surface area contributed by atoms with Crippen LogP contribution in [0.3, 0.4) is 0 Å². The Labute approximate surface area is 205 Å². The van der Waals surface area contributed by atoms with Crippen LogP contribution in [0.1, 0.15) is 29.3 Å². The molecule has 0 unspecified atom stereocenters. The van der Waals surface area contributed by atoms with Gasteiger partial charge in [0.1, 0.15) is 9.73 Å². The maximum Gasteiger partial charge on any atom is 0.252 e. The predicted octanol–water partition coefficient (Wildman–Crippen LogP) is 2.07. The van der Waals surface area contributed by atoms with Gasteiger partial charge in [0.25, 0.3) is 15.6 Å². The molecule has 182 valence electrons. The third-order valence-corrected chi connectivity index (χ3v) is 9.54. The number of carbonyl (C=O) groups is 1. The number of nitrogens with zero attached hydrogens (tertiary/aromatic N) is 4. The van der Waals surface area contributed by atoms with Crippen molar-refractivity contribution in [3.8, 4) is 0 Å². The Kier molecular flexibility index (Phi) is 6.50. The van der Waals surface area contributed by atoms with Gasteiger partial charge in [-0.25, -0.2) is 13.1 Å². The average molecular weight is 513 g/mol. The highest BCUT2D eigenvalue weighted by Gasteiger charge is 2.32. The van der Waals surface area contributed by atoms with Crippen molar-refractivity contribution in [2.45, 2.75) is 36.1 Å². The standard InChI is InChI=1S/C23H24N6O4S2/c30-21(14-16-4-3-11-24-23(16)31)25-15-18-7-8-22(34-18)35(32,33)28-12-9-17(10-13-28)29-20-6-2-1-5-19(20)26-27-29/h1-8,11,17H,9-10,12-15H2,(H,24,31)(H,25,30). The van der Waals surface area contributed by atoms with Gasteiger partial charge in [0.15, 0.2) is 0 Å². The minimum atomic E-state index is -3.62. The molecule has 2 N–H and O–H groups in total. The average Bonchev–Trinajstić information content (AvgIpc) is 3.52. The van der Waals surface area contributed by atoms with Gasteiger partial charge >= 0.3 is 0 Å². The summed E-state index contributed by atoms with van der Waals surface area (Å²) in [4.78, 5) is 27.2. The minimum absolute atomic E-state index is 0.0390. The van der Waals surface area contributed by atoms with Crippen molar-refractivity contribution >= 4 is 38.3 Å².